The van der Waals surface area contributed by atoms with Gasteiger partial charge in [-0.2, -0.15) is 0 Å². The molecule has 0 saturated carbocycles. The molecular formula is C10H19N3. The third-order valence-electron chi connectivity index (χ3n) is 2.36. The van der Waals surface area contributed by atoms with Crippen molar-refractivity contribution >= 4 is 0 Å². The molecule has 0 amide bonds. The van der Waals surface area contributed by atoms with E-state index in [9.17, 15) is 0 Å². The Labute approximate surface area is 80.2 Å². The van der Waals surface area contributed by atoms with E-state index in [0.29, 0.717) is 6.04 Å². The zero-order chi connectivity index (χ0) is 9.68. The fourth-order valence-corrected chi connectivity index (χ4v) is 1.21. The molecule has 0 radical (unpaired) electrons. The molecule has 0 spiro atoms. The maximum Gasteiger partial charge on any atom is 0.122 e. The first-order valence-corrected chi connectivity index (χ1v) is 5.01. The van der Waals surface area contributed by atoms with Gasteiger partial charge in [0.2, 0.25) is 0 Å². The highest BCUT2D eigenvalue weighted by atomic mass is 15.1. The first kappa shape index (κ1) is 10.3. The summed E-state index contributed by atoms with van der Waals surface area (Å²) < 4.78 is 2.16. The number of nitrogens with one attached hydrogen (secondary N) is 1. The van der Waals surface area contributed by atoms with Crippen molar-refractivity contribution < 1.29 is 0 Å². The highest BCUT2D eigenvalue weighted by molar-refractivity contribution is 4.91. The van der Waals surface area contributed by atoms with Crippen LogP contribution in [0.1, 0.15) is 33.0 Å². The van der Waals surface area contributed by atoms with Gasteiger partial charge in [-0.3, -0.25) is 0 Å². The van der Waals surface area contributed by atoms with Gasteiger partial charge in [-0.25, -0.2) is 4.98 Å². The highest BCUT2D eigenvalue weighted by Crippen LogP contribution is 1.98. The summed E-state index contributed by atoms with van der Waals surface area (Å²) in [7, 11) is 0. The summed E-state index contributed by atoms with van der Waals surface area (Å²) in [5.74, 6) is 1.13. The van der Waals surface area contributed by atoms with E-state index in [-0.39, 0.29) is 0 Å². The lowest BCUT2D eigenvalue weighted by Gasteiger charge is -2.11. The van der Waals surface area contributed by atoms with Gasteiger partial charge >= 0.3 is 0 Å². The van der Waals surface area contributed by atoms with E-state index in [2.05, 4.69) is 35.6 Å². The Morgan fingerprint density at radius 1 is 1.54 bits per heavy atom. The quantitative estimate of drug-likeness (QED) is 0.750. The first-order valence-electron chi connectivity index (χ1n) is 5.01. The SMILES string of the molecule is CCC(C)NCc1nccn1CC. The van der Waals surface area contributed by atoms with Crippen molar-refractivity contribution in [3.8, 4) is 0 Å². The van der Waals surface area contributed by atoms with Crippen LogP contribution in [0.5, 0.6) is 0 Å². The van der Waals surface area contributed by atoms with Crippen LogP contribution in [-0.2, 0) is 13.1 Å². The van der Waals surface area contributed by atoms with Crippen LogP contribution >= 0.6 is 0 Å². The van der Waals surface area contributed by atoms with Crippen LogP contribution < -0.4 is 5.32 Å². The van der Waals surface area contributed by atoms with Gasteiger partial charge in [0.25, 0.3) is 0 Å². The van der Waals surface area contributed by atoms with E-state index in [1.165, 1.54) is 0 Å². The molecule has 1 unspecified atom stereocenters. The number of aryl methyl sites for hydroxylation is 1. The van der Waals surface area contributed by atoms with E-state index < -0.39 is 0 Å². The fraction of sp³-hybridized carbons (Fsp3) is 0.700. The summed E-state index contributed by atoms with van der Waals surface area (Å²) in [6.07, 6.45) is 5.04. The second-order valence-electron chi connectivity index (χ2n) is 3.32. The molecule has 0 aliphatic carbocycles. The number of rotatable bonds is 5. The number of hydrogen-bond acceptors (Lipinski definition) is 2. The van der Waals surface area contributed by atoms with Crippen molar-refractivity contribution in [3.63, 3.8) is 0 Å². The molecule has 0 saturated heterocycles. The molecule has 0 bridgehead atoms. The lowest BCUT2D eigenvalue weighted by Crippen LogP contribution is -2.26. The Morgan fingerprint density at radius 2 is 2.31 bits per heavy atom. The molecule has 0 aliphatic heterocycles. The van der Waals surface area contributed by atoms with E-state index in [0.717, 1.165) is 25.3 Å². The van der Waals surface area contributed by atoms with Gasteiger partial charge in [0.05, 0.1) is 6.54 Å². The van der Waals surface area contributed by atoms with Crippen LogP contribution in [0.4, 0.5) is 0 Å². The Balaban J connectivity index is 2.44. The molecule has 0 aromatic carbocycles. The molecule has 13 heavy (non-hydrogen) atoms. The minimum absolute atomic E-state index is 0.571. The van der Waals surface area contributed by atoms with Gasteiger partial charge in [0, 0.05) is 25.0 Å². The van der Waals surface area contributed by atoms with Crippen molar-refractivity contribution in [3.05, 3.63) is 18.2 Å². The van der Waals surface area contributed by atoms with Gasteiger partial charge in [-0.15, -0.1) is 0 Å². The summed E-state index contributed by atoms with van der Waals surface area (Å²) in [6.45, 7) is 8.38. The number of nitrogens with zero attached hydrogens (tertiary/aromatic N) is 2. The standard InChI is InChI=1S/C10H19N3/c1-4-9(3)12-8-10-11-6-7-13(10)5-2/h6-7,9,12H,4-5,8H2,1-3H3. The molecule has 1 aromatic rings. The first-order chi connectivity index (χ1) is 6.27. The van der Waals surface area contributed by atoms with E-state index in [4.69, 9.17) is 0 Å². The smallest absolute Gasteiger partial charge is 0.122 e. The van der Waals surface area contributed by atoms with Gasteiger partial charge in [0.15, 0.2) is 0 Å². The Kier molecular flexibility index (Phi) is 3.96. The van der Waals surface area contributed by atoms with Crippen molar-refractivity contribution in [2.45, 2.75) is 46.3 Å². The Bertz CT molecular complexity index is 242. The Morgan fingerprint density at radius 3 is 2.92 bits per heavy atom. The third-order valence-corrected chi connectivity index (χ3v) is 2.36. The van der Waals surface area contributed by atoms with Crippen molar-refractivity contribution in [2.24, 2.45) is 0 Å². The van der Waals surface area contributed by atoms with Gasteiger partial charge in [0.1, 0.15) is 5.82 Å². The normalized spacial score (nSPS) is 13.2. The maximum absolute atomic E-state index is 4.29. The monoisotopic (exact) mass is 181 g/mol. The van der Waals surface area contributed by atoms with Crippen LogP contribution in [0.15, 0.2) is 12.4 Å². The molecular weight excluding hydrogens is 162 g/mol. The van der Waals surface area contributed by atoms with Crippen molar-refractivity contribution in [1.82, 2.24) is 14.9 Å². The Hall–Kier alpha value is -0.830. The van der Waals surface area contributed by atoms with Crippen LogP contribution in [0, 0.1) is 0 Å². The summed E-state index contributed by atoms with van der Waals surface area (Å²) >= 11 is 0. The largest absolute Gasteiger partial charge is 0.334 e. The van der Waals surface area contributed by atoms with Crippen LogP contribution in [0.3, 0.4) is 0 Å². The summed E-state index contributed by atoms with van der Waals surface area (Å²) in [4.78, 5) is 4.29. The molecule has 0 aliphatic rings. The molecule has 3 heteroatoms. The van der Waals surface area contributed by atoms with Gasteiger partial charge in [-0.05, 0) is 20.3 Å². The minimum atomic E-state index is 0.571. The fourth-order valence-electron chi connectivity index (χ4n) is 1.21. The molecule has 1 aromatic heterocycles. The van der Waals surface area contributed by atoms with E-state index in [1.807, 2.05) is 12.4 Å². The predicted octanol–water partition coefficient (Wildman–Crippen LogP) is 1.79. The molecule has 0 fully saturated rings. The molecule has 1 heterocycles. The number of hydrogen-bond donors (Lipinski definition) is 1. The topological polar surface area (TPSA) is 29.9 Å². The van der Waals surface area contributed by atoms with E-state index in [1.54, 1.807) is 0 Å². The number of imidazole rings is 1. The predicted molar refractivity (Wildman–Crippen MR) is 54.5 cm³/mol. The second kappa shape index (κ2) is 5.02. The van der Waals surface area contributed by atoms with Crippen LogP contribution in [0.25, 0.3) is 0 Å². The summed E-state index contributed by atoms with van der Waals surface area (Å²) in [5.41, 5.74) is 0. The minimum Gasteiger partial charge on any atom is -0.334 e. The maximum atomic E-state index is 4.29. The molecule has 1 rings (SSSR count). The lowest BCUT2D eigenvalue weighted by molar-refractivity contribution is 0.510. The van der Waals surface area contributed by atoms with Crippen molar-refractivity contribution in [1.29, 1.82) is 0 Å². The van der Waals surface area contributed by atoms with E-state index >= 15 is 0 Å². The summed E-state index contributed by atoms with van der Waals surface area (Å²) in [5, 5.41) is 3.43. The van der Waals surface area contributed by atoms with Crippen molar-refractivity contribution in [2.75, 3.05) is 0 Å². The molecule has 74 valence electrons. The van der Waals surface area contributed by atoms with Gasteiger partial charge in [-0.1, -0.05) is 6.92 Å². The zero-order valence-electron chi connectivity index (χ0n) is 8.75. The van der Waals surface area contributed by atoms with Crippen LogP contribution in [0.2, 0.25) is 0 Å². The molecule has 3 nitrogen and oxygen atoms in total. The average molecular weight is 181 g/mol. The number of aromatic nitrogens is 2. The highest BCUT2D eigenvalue weighted by Gasteiger charge is 2.02. The average Bonchev–Trinajstić information content (AvgIpc) is 2.61. The summed E-state index contributed by atoms with van der Waals surface area (Å²) in [6, 6.07) is 0.571. The van der Waals surface area contributed by atoms with Gasteiger partial charge < -0.3 is 9.88 Å². The molecule has 1 atom stereocenters. The van der Waals surface area contributed by atoms with Crippen LogP contribution in [-0.4, -0.2) is 15.6 Å². The third kappa shape index (κ3) is 2.84. The second-order valence-corrected chi connectivity index (χ2v) is 3.32. The molecule has 1 N–H and O–H groups in total. The zero-order valence-corrected chi connectivity index (χ0v) is 8.75. The lowest BCUT2D eigenvalue weighted by atomic mass is 10.2.